The molecule has 0 spiro atoms. The maximum atomic E-state index is 13.3. The molecule has 0 aliphatic rings. The fraction of sp³-hybridized carbons (Fsp3) is 0.222. The lowest BCUT2D eigenvalue weighted by atomic mass is 10.1. The first-order chi connectivity index (χ1) is 6.49. The maximum Gasteiger partial charge on any atom is 0.182 e. The van der Waals surface area contributed by atoms with Gasteiger partial charge < -0.3 is 5.73 Å². The Bertz CT molecular complexity index is 367. The molecular formula is C9H8ClF2NO. The van der Waals surface area contributed by atoms with Gasteiger partial charge in [-0.2, -0.15) is 0 Å². The van der Waals surface area contributed by atoms with Gasteiger partial charge in [-0.3, -0.25) is 4.79 Å². The number of aryl methyl sites for hydroxylation is 1. The molecule has 0 bridgehead atoms. The normalized spacial score (nSPS) is 10.4. The van der Waals surface area contributed by atoms with Crippen molar-refractivity contribution in [3.05, 3.63) is 33.9 Å². The molecule has 1 rings (SSSR count). The van der Waals surface area contributed by atoms with E-state index in [2.05, 4.69) is 0 Å². The summed E-state index contributed by atoms with van der Waals surface area (Å²) in [7, 11) is 0. The van der Waals surface area contributed by atoms with Gasteiger partial charge >= 0.3 is 0 Å². The fourth-order valence-electron chi connectivity index (χ4n) is 1.08. The first kappa shape index (κ1) is 11.1. The lowest BCUT2D eigenvalue weighted by molar-refractivity contribution is 0.0993. The third-order valence-electron chi connectivity index (χ3n) is 1.80. The molecule has 0 unspecified atom stereocenters. The van der Waals surface area contributed by atoms with Crippen molar-refractivity contribution >= 4 is 17.4 Å². The number of halogens is 3. The molecule has 0 saturated carbocycles. The summed E-state index contributed by atoms with van der Waals surface area (Å²) in [4.78, 5) is 11.1. The molecule has 1 aromatic carbocycles. The highest BCUT2D eigenvalue weighted by Crippen LogP contribution is 2.24. The predicted octanol–water partition coefficient (Wildman–Crippen LogP) is 2.07. The van der Waals surface area contributed by atoms with Crippen LogP contribution in [0.2, 0.25) is 5.02 Å². The molecule has 2 N–H and O–H groups in total. The molecule has 0 aliphatic heterocycles. The van der Waals surface area contributed by atoms with E-state index in [1.54, 1.807) is 0 Å². The summed E-state index contributed by atoms with van der Waals surface area (Å²) in [6, 6.07) is 1.12. The SMILES string of the molecule is Cc1cc(Cl)c(F)c(C(=O)CN)c1F. The zero-order chi connectivity index (χ0) is 10.9. The highest BCUT2D eigenvalue weighted by molar-refractivity contribution is 6.31. The van der Waals surface area contributed by atoms with Crippen LogP contribution in [-0.2, 0) is 0 Å². The number of ketones is 1. The van der Waals surface area contributed by atoms with Crippen molar-refractivity contribution in [2.45, 2.75) is 6.92 Å². The summed E-state index contributed by atoms with van der Waals surface area (Å²) in [6.45, 7) is 0.946. The van der Waals surface area contributed by atoms with Gasteiger partial charge in [0.25, 0.3) is 0 Å². The lowest BCUT2D eigenvalue weighted by Crippen LogP contribution is -2.17. The van der Waals surface area contributed by atoms with Gasteiger partial charge in [-0.15, -0.1) is 0 Å². The number of nitrogens with two attached hydrogens (primary N) is 1. The Morgan fingerprint density at radius 1 is 1.50 bits per heavy atom. The van der Waals surface area contributed by atoms with Crippen molar-refractivity contribution < 1.29 is 13.6 Å². The second-order valence-corrected chi connectivity index (χ2v) is 3.21. The van der Waals surface area contributed by atoms with Crippen LogP contribution in [0, 0.1) is 18.6 Å². The summed E-state index contributed by atoms with van der Waals surface area (Å²) >= 11 is 5.46. The molecular weight excluding hydrogens is 212 g/mol. The number of hydrogen-bond donors (Lipinski definition) is 1. The second kappa shape index (κ2) is 4.02. The number of Topliss-reactive ketones (excluding diaryl/α,β-unsaturated/α-hetero) is 1. The van der Waals surface area contributed by atoms with E-state index >= 15 is 0 Å². The average molecular weight is 220 g/mol. The largest absolute Gasteiger partial charge is 0.324 e. The van der Waals surface area contributed by atoms with E-state index < -0.39 is 29.5 Å². The standard InChI is InChI=1S/C9H8ClF2NO/c1-4-2-5(10)9(12)7(8(4)11)6(14)3-13/h2H,3,13H2,1H3. The molecule has 0 heterocycles. The molecule has 0 saturated heterocycles. The minimum Gasteiger partial charge on any atom is -0.324 e. The van der Waals surface area contributed by atoms with E-state index in [1.165, 1.54) is 6.92 Å². The first-order valence-corrected chi connectivity index (χ1v) is 4.24. The van der Waals surface area contributed by atoms with Gasteiger partial charge in [0.2, 0.25) is 0 Å². The van der Waals surface area contributed by atoms with E-state index in [9.17, 15) is 13.6 Å². The molecule has 0 amide bonds. The van der Waals surface area contributed by atoms with Gasteiger partial charge in [-0.1, -0.05) is 11.6 Å². The van der Waals surface area contributed by atoms with Crippen LogP contribution in [0.4, 0.5) is 8.78 Å². The van der Waals surface area contributed by atoms with Crippen LogP contribution < -0.4 is 5.73 Å². The zero-order valence-electron chi connectivity index (χ0n) is 7.40. The molecule has 76 valence electrons. The summed E-state index contributed by atoms with van der Waals surface area (Å²) in [5.41, 5.74) is 4.48. The summed E-state index contributed by atoms with van der Waals surface area (Å²) < 4.78 is 26.5. The number of carbonyl (C=O) groups is 1. The Balaban J connectivity index is 3.47. The summed E-state index contributed by atoms with van der Waals surface area (Å²) in [5, 5.41) is -0.277. The van der Waals surface area contributed by atoms with Crippen LogP contribution in [0.5, 0.6) is 0 Å². The predicted molar refractivity (Wildman–Crippen MR) is 49.5 cm³/mol. The molecule has 0 aromatic heterocycles. The minimum absolute atomic E-state index is 0.119. The molecule has 0 aliphatic carbocycles. The minimum atomic E-state index is -1.05. The van der Waals surface area contributed by atoms with Crippen LogP contribution in [0.1, 0.15) is 15.9 Å². The Morgan fingerprint density at radius 3 is 2.57 bits per heavy atom. The van der Waals surface area contributed by atoms with Crippen molar-refractivity contribution in [3.8, 4) is 0 Å². The molecule has 0 radical (unpaired) electrons. The first-order valence-electron chi connectivity index (χ1n) is 3.86. The zero-order valence-corrected chi connectivity index (χ0v) is 8.16. The second-order valence-electron chi connectivity index (χ2n) is 2.81. The number of hydrogen-bond acceptors (Lipinski definition) is 2. The molecule has 2 nitrogen and oxygen atoms in total. The smallest absolute Gasteiger partial charge is 0.182 e. The van der Waals surface area contributed by atoms with Gasteiger partial charge in [0.15, 0.2) is 11.6 Å². The van der Waals surface area contributed by atoms with E-state index in [-0.39, 0.29) is 10.6 Å². The topological polar surface area (TPSA) is 43.1 Å². The van der Waals surface area contributed by atoms with Crippen LogP contribution in [0.3, 0.4) is 0 Å². The summed E-state index contributed by atoms with van der Waals surface area (Å²) in [5.74, 6) is -2.75. The van der Waals surface area contributed by atoms with Crippen molar-refractivity contribution in [1.82, 2.24) is 0 Å². The maximum absolute atomic E-state index is 13.3. The highest BCUT2D eigenvalue weighted by atomic mass is 35.5. The van der Waals surface area contributed by atoms with Gasteiger partial charge in [0.05, 0.1) is 17.1 Å². The van der Waals surface area contributed by atoms with Crippen molar-refractivity contribution in [3.63, 3.8) is 0 Å². The Morgan fingerprint density at radius 2 is 2.07 bits per heavy atom. The quantitative estimate of drug-likeness (QED) is 0.611. The van der Waals surface area contributed by atoms with E-state index in [0.717, 1.165) is 6.07 Å². The summed E-state index contributed by atoms with van der Waals surface area (Å²) in [6.07, 6.45) is 0. The molecule has 0 atom stereocenters. The van der Waals surface area contributed by atoms with E-state index in [0.29, 0.717) is 0 Å². The van der Waals surface area contributed by atoms with Crippen LogP contribution >= 0.6 is 11.6 Å². The Hall–Kier alpha value is -1.00. The molecule has 5 heteroatoms. The third kappa shape index (κ3) is 1.76. The number of benzene rings is 1. The monoisotopic (exact) mass is 219 g/mol. The van der Waals surface area contributed by atoms with Gasteiger partial charge in [0, 0.05) is 0 Å². The van der Waals surface area contributed by atoms with Gasteiger partial charge in [0.1, 0.15) is 5.82 Å². The molecule has 1 aromatic rings. The van der Waals surface area contributed by atoms with E-state index in [1.807, 2.05) is 0 Å². The Kier molecular flexibility index (Phi) is 3.18. The highest BCUT2D eigenvalue weighted by Gasteiger charge is 2.20. The molecule has 0 fully saturated rings. The third-order valence-corrected chi connectivity index (χ3v) is 2.08. The lowest BCUT2D eigenvalue weighted by Gasteiger charge is -2.06. The van der Waals surface area contributed by atoms with E-state index in [4.69, 9.17) is 17.3 Å². The van der Waals surface area contributed by atoms with Crippen LogP contribution in [0.25, 0.3) is 0 Å². The Labute approximate surface area is 84.7 Å². The van der Waals surface area contributed by atoms with Gasteiger partial charge in [-0.25, -0.2) is 8.78 Å². The average Bonchev–Trinajstić information content (AvgIpc) is 2.15. The number of rotatable bonds is 2. The van der Waals surface area contributed by atoms with Crippen molar-refractivity contribution in [2.75, 3.05) is 6.54 Å². The van der Waals surface area contributed by atoms with Gasteiger partial charge in [-0.05, 0) is 18.6 Å². The van der Waals surface area contributed by atoms with Crippen molar-refractivity contribution in [1.29, 1.82) is 0 Å². The number of carbonyl (C=O) groups excluding carboxylic acids is 1. The van der Waals surface area contributed by atoms with Crippen LogP contribution in [0.15, 0.2) is 6.07 Å². The van der Waals surface area contributed by atoms with Crippen molar-refractivity contribution in [2.24, 2.45) is 5.73 Å². The fourth-order valence-corrected chi connectivity index (χ4v) is 1.33. The van der Waals surface area contributed by atoms with Crippen LogP contribution in [-0.4, -0.2) is 12.3 Å². The molecule has 14 heavy (non-hydrogen) atoms.